The average molecular weight is 366 g/mol. The fraction of sp³-hybridized carbons (Fsp3) is 0.133. The molecule has 1 heterocycles. The van der Waals surface area contributed by atoms with Gasteiger partial charge in [-0.25, -0.2) is 9.40 Å². The van der Waals surface area contributed by atoms with Crippen LogP contribution in [0.2, 0.25) is 0 Å². The number of halogens is 2. The highest BCUT2D eigenvalue weighted by molar-refractivity contribution is 9.10. The van der Waals surface area contributed by atoms with Crippen molar-refractivity contribution >= 4 is 38.9 Å². The van der Waals surface area contributed by atoms with E-state index in [1.54, 1.807) is 12.1 Å². The Labute approximate surface area is 136 Å². The van der Waals surface area contributed by atoms with Crippen molar-refractivity contribution in [3.05, 3.63) is 64.4 Å². The number of rotatable bonds is 2. The topological polar surface area (TPSA) is 27.3 Å². The van der Waals surface area contributed by atoms with E-state index in [0.717, 1.165) is 15.7 Å². The largest absolute Gasteiger partial charge is 0.338 e. The molecule has 0 bridgehead atoms. The van der Waals surface area contributed by atoms with Gasteiger partial charge in [0.2, 0.25) is 0 Å². The van der Waals surface area contributed by atoms with Gasteiger partial charge in [0, 0.05) is 4.47 Å². The van der Waals surface area contributed by atoms with Crippen molar-refractivity contribution in [1.82, 2.24) is 10.7 Å². The van der Waals surface area contributed by atoms with Crippen LogP contribution in [0.15, 0.2) is 53.0 Å². The van der Waals surface area contributed by atoms with Gasteiger partial charge in [-0.15, -0.1) is 0 Å². The number of anilines is 1. The first-order valence-corrected chi connectivity index (χ1v) is 7.60. The van der Waals surface area contributed by atoms with Crippen LogP contribution in [-0.4, -0.2) is 5.11 Å². The molecule has 1 aliphatic heterocycles. The molecule has 21 heavy (non-hydrogen) atoms. The van der Waals surface area contributed by atoms with E-state index in [1.807, 2.05) is 36.2 Å². The summed E-state index contributed by atoms with van der Waals surface area (Å²) in [6.07, 6.45) is 0. The van der Waals surface area contributed by atoms with E-state index < -0.39 is 5.66 Å². The third-order valence-electron chi connectivity index (χ3n) is 3.40. The third kappa shape index (κ3) is 2.79. The molecule has 2 aromatic carbocycles. The number of hydrogen-bond acceptors (Lipinski definition) is 2. The van der Waals surface area contributed by atoms with Gasteiger partial charge in [0.1, 0.15) is 11.5 Å². The number of hydrazine groups is 1. The second kappa shape index (κ2) is 5.36. The zero-order valence-corrected chi connectivity index (χ0v) is 13.6. The van der Waals surface area contributed by atoms with E-state index in [9.17, 15) is 4.39 Å². The Bertz CT molecular complexity index is 674. The van der Waals surface area contributed by atoms with Crippen molar-refractivity contribution in [2.45, 2.75) is 12.6 Å². The van der Waals surface area contributed by atoms with Crippen molar-refractivity contribution < 1.29 is 4.39 Å². The minimum atomic E-state index is -0.572. The zero-order valence-electron chi connectivity index (χ0n) is 11.2. The minimum Gasteiger partial charge on any atom is -0.338 e. The van der Waals surface area contributed by atoms with Crippen LogP contribution in [0.1, 0.15) is 12.5 Å². The fourth-order valence-corrected chi connectivity index (χ4v) is 2.88. The molecule has 0 aliphatic carbocycles. The third-order valence-corrected chi connectivity index (χ3v) is 4.22. The molecule has 0 radical (unpaired) electrons. The molecule has 1 aliphatic rings. The molecule has 3 rings (SSSR count). The second-order valence-electron chi connectivity index (χ2n) is 4.99. The molecule has 2 N–H and O–H groups in total. The van der Waals surface area contributed by atoms with Crippen molar-refractivity contribution in [3.63, 3.8) is 0 Å². The first kappa shape index (κ1) is 14.4. The lowest BCUT2D eigenvalue weighted by Crippen LogP contribution is -2.45. The highest BCUT2D eigenvalue weighted by Crippen LogP contribution is 2.27. The van der Waals surface area contributed by atoms with Gasteiger partial charge < -0.3 is 5.32 Å². The predicted molar refractivity (Wildman–Crippen MR) is 89.2 cm³/mol. The molecular weight excluding hydrogens is 353 g/mol. The maximum atomic E-state index is 13.1. The van der Waals surface area contributed by atoms with Crippen molar-refractivity contribution in [3.8, 4) is 0 Å². The van der Waals surface area contributed by atoms with Crippen molar-refractivity contribution in [1.29, 1.82) is 0 Å². The summed E-state index contributed by atoms with van der Waals surface area (Å²) in [6.45, 7) is 1.96. The van der Waals surface area contributed by atoms with Gasteiger partial charge in [0.05, 0.1) is 5.69 Å². The van der Waals surface area contributed by atoms with E-state index in [-0.39, 0.29) is 5.82 Å². The van der Waals surface area contributed by atoms with E-state index in [4.69, 9.17) is 12.2 Å². The second-order valence-corrected chi connectivity index (χ2v) is 6.29. The highest BCUT2D eigenvalue weighted by Gasteiger charge is 2.38. The quantitative estimate of drug-likeness (QED) is 0.794. The monoisotopic (exact) mass is 365 g/mol. The molecule has 0 amide bonds. The Hall–Kier alpha value is -1.50. The Balaban J connectivity index is 1.89. The first-order chi connectivity index (χ1) is 9.98. The molecule has 108 valence electrons. The smallest absolute Gasteiger partial charge is 0.190 e. The maximum Gasteiger partial charge on any atom is 0.190 e. The first-order valence-electron chi connectivity index (χ1n) is 6.40. The van der Waals surface area contributed by atoms with Crippen LogP contribution >= 0.6 is 28.1 Å². The number of thiocarbonyl (C=S) groups is 1. The van der Waals surface area contributed by atoms with Crippen LogP contribution in [0.4, 0.5) is 10.1 Å². The standard InChI is InChI=1S/C15H13BrFN3S/c1-15(10-2-6-12(17)7-3-10)18-14(21)20(19-15)13-8-4-11(16)5-9-13/h2-9,19H,1H3,(H,18,21)/t15-/m0/s1. The van der Waals surface area contributed by atoms with Gasteiger partial charge in [-0.05, 0) is 61.1 Å². The Morgan fingerprint density at radius 1 is 1.10 bits per heavy atom. The molecule has 2 aromatic rings. The molecule has 3 nitrogen and oxygen atoms in total. The molecule has 0 saturated carbocycles. The fourth-order valence-electron chi connectivity index (χ4n) is 2.26. The summed E-state index contributed by atoms with van der Waals surface area (Å²) >= 11 is 8.81. The molecular formula is C15H13BrFN3S. The summed E-state index contributed by atoms with van der Waals surface area (Å²) in [7, 11) is 0. The summed E-state index contributed by atoms with van der Waals surface area (Å²) in [5.74, 6) is -0.257. The van der Waals surface area contributed by atoms with Gasteiger partial charge in [-0.1, -0.05) is 28.1 Å². The van der Waals surface area contributed by atoms with Gasteiger partial charge >= 0.3 is 0 Å². The molecule has 6 heteroatoms. The number of benzene rings is 2. The lowest BCUT2D eigenvalue weighted by molar-refractivity contribution is 0.389. The molecule has 0 aromatic heterocycles. The van der Waals surface area contributed by atoms with E-state index in [0.29, 0.717) is 5.11 Å². The van der Waals surface area contributed by atoms with Gasteiger partial charge in [-0.2, -0.15) is 5.43 Å². The van der Waals surface area contributed by atoms with Crippen LogP contribution in [0.25, 0.3) is 0 Å². The van der Waals surface area contributed by atoms with Crippen molar-refractivity contribution in [2.75, 3.05) is 5.01 Å². The van der Waals surface area contributed by atoms with Gasteiger partial charge in [0.25, 0.3) is 0 Å². The summed E-state index contributed by atoms with van der Waals surface area (Å²) in [4.78, 5) is 0. The molecule has 0 spiro atoms. The van der Waals surface area contributed by atoms with Gasteiger partial charge in [-0.3, -0.25) is 0 Å². The number of hydrogen-bond donors (Lipinski definition) is 2. The Kier molecular flexibility index (Phi) is 3.69. The molecule has 0 unspecified atom stereocenters. The maximum absolute atomic E-state index is 13.1. The van der Waals surface area contributed by atoms with Crippen LogP contribution < -0.4 is 15.8 Å². The van der Waals surface area contributed by atoms with E-state index in [1.165, 1.54) is 12.1 Å². The van der Waals surface area contributed by atoms with E-state index >= 15 is 0 Å². The normalized spacial score (nSPS) is 21.5. The highest BCUT2D eigenvalue weighted by atomic mass is 79.9. The minimum absolute atomic E-state index is 0.257. The number of nitrogens with zero attached hydrogens (tertiary/aromatic N) is 1. The van der Waals surface area contributed by atoms with Crippen LogP contribution in [0.5, 0.6) is 0 Å². The Morgan fingerprint density at radius 3 is 2.33 bits per heavy atom. The number of nitrogens with one attached hydrogen (secondary N) is 2. The Morgan fingerprint density at radius 2 is 1.71 bits per heavy atom. The SMILES string of the molecule is C[C@]1(c2ccc(F)cc2)NC(=S)N(c2ccc(Br)cc2)N1. The molecule has 1 saturated heterocycles. The summed E-state index contributed by atoms with van der Waals surface area (Å²) in [6, 6.07) is 14.2. The zero-order chi connectivity index (χ0) is 15.0. The average Bonchev–Trinajstić information content (AvgIpc) is 2.77. The molecule has 1 fully saturated rings. The van der Waals surface area contributed by atoms with Gasteiger partial charge in [0.15, 0.2) is 5.11 Å². The van der Waals surface area contributed by atoms with Crippen LogP contribution in [0.3, 0.4) is 0 Å². The summed E-state index contributed by atoms with van der Waals surface area (Å²) in [5.41, 5.74) is 4.60. The molecule has 1 atom stereocenters. The van der Waals surface area contributed by atoms with E-state index in [2.05, 4.69) is 26.7 Å². The lowest BCUT2D eigenvalue weighted by atomic mass is 10.0. The summed E-state index contributed by atoms with van der Waals surface area (Å²) in [5, 5.41) is 5.63. The predicted octanol–water partition coefficient (Wildman–Crippen LogP) is 3.66. The van der Waals surface area contributed by atoms with Crippen LogP contribution in [-0.2, 0) is 5.66 Å². The van der Waals surface area contributed by atoms with Crippen molar-refractivity contribution in [2.24, 2.45) is 0 Å². The summed E-state index contributed by atoms with van der Waals surface area (Å²) < 4.78 is 14.1. The lowest BCUT2D eigenvalue weighted by Gasteiger charge is -2.26. The van der Waals surface area contributed by atoms with Crippen LogP contribution in [0, 0.1) is 5.82 Å².